The minimum Gasteiger partial charge on any atom is -0.480 e. The van der Waals surface area contributed by atoms with Crippen LogP contribution in [0.25, 0.3) is 0 Å². The van der Waals surface area contributed by atoms with E-state index in [4.69, 9.17) is 5.11 Å². The molecule has 21 heavy (non-hydrogen) atoms. The van der Waals surface area contributed by atoms with E-state index in [0.717, 1.165) is 18.9 Å². The second-order valence-electron chi connectivity index (χ2n) is 5.53. The predicted molar refractivity (Wildman–Crippen MR) is 71.8 cm³/mol. The number of alkyl halides is 3. The predicted octanol–water partition coefficient (Wildman–Crippen LogP) is 3.56. The standard InChI is InChI=1S/C15H18F3NO2/c1-10(19(9-14(20)21)8-11-6-7-11)12-4-2-3-5-13(12)15(16,17)18/h2-5,10-11H,6-9H2,1H3,(H,20,21). The Bertz CT molecular complexity index is 512. The SMILES string of the molecule is CC(c1ccccc1C(F)(F)F)N(CC(=O)O)CC1CC1. The highest BCUT2D eigenvalue weighted by Gasteiger charge is 2.36. The van der Waals surface area contributed by atoms with Crippen molar-refractivity contribution in [2.24, 2.45) is 5.92 Å². The number of carboxylic acid groups (broad SMARTS) is 1. The van der Waals surface area contributed by atoms with Crippen LogP contribution in [0.5, 0.6) is 0 Å². The van der Waals surface area contributed by atoms with Crippen molar-refractivity contribution < 1.29 is 23.1 Å². The molecule has 1 aromatic rings. The molecule has 1 atom stereocenters. The molecule has 1 unspecified atom stereocenters. The molecular formula is C15H18F3NO2. The topological polar surface area (TPSA) is 40.5 Å². The fourth-order valence-corrected chi connectivity index (χ4v) is 2.48. The van der Waals surface area contributed by atoms with Crippen LogP contribution in [0.4, 0.5) is 13.2 Å². The molecule has 0 aliphatic heterocycles. The van der Waals surface area contributed by atoms with Gasteiger partial charge in [-0.05, 0) is 37.3 Å². The number of aliphatic carboxylic acids is 1. The lowest BCUT2D eigenvalue weighted by molar-refractivity contribution is -0.139. The van der Waals surface area contributed by atoms with Gasteiger partial charge >= 0.3 is 12.1 Å². The normalized spacial score (nSPS) is 17.0. The van der Waals surface area contributed by atoms with E-state index in [-0.39, 0.29) is 12.1 Å². The molecule has 2 rings (SSSR count). The maximum atomic E-state index is 13.1. The van der Waals surface area contributed by atoms with Gasteiger partial charge in [-0.1, -0.05) is 18.2 Å². The molecule has 1 fully saturated rings. The van der Waals surface area contributed by atoms with Crippen LogP contribution in [0, 0.1) is 5.92 Å². The van der Waals surface area contributed by atoms with E-state index in [1.165, 1.54) is 12.1 Å². The summed E-state index contributed by atoms with van der Waals surface area (Å²) in [5.74, 6) is -0.614. The maximum absolute atomic E-state index is 13.1. The van der Waals surface area contributed by atoms with Crippen LogP contribution in [0.3, 0.4) is 0 Å². The first-order valence-electron chi connectivity index (χ1n) is 6.91. The van der Waals surface area contributed by atoms with Crippen LogP contribution in [0.15, 0.2) is 24.3 Å². The first kappa shape index (κ1) is 15.8. The van der Waals surface area contributed by atoms with E-state index < -0.39 is 23.8 Å². The third-order valence-electron chi connectivity index (χ3n) is 3.79. The van der Waals surface area contributed by atoms with Crippen molar-refractivity contribution >= 4 is 5.97 Å². The molecule has 0 spiro atoms. The summed E-state index contributed by atoms with van der Waals surface area (Å²) in [7, 11) is 0. The van der Waals surface area contributed by atoms with Crippen LogP contribution >= 0.6 is 0 Å². The molecule has 1 aliphatic rings. The van der Waals surface area contributed by atoms with Crippen LogP contribution in [-0.4, -0.2) is 29.1 Å². The van der Waals surface area contributed by atoms with Crippen molar-refractivity contribution in [3.63, 3.8) is 0 Å². The average molecular weight is 301 g/mol. The molecule has 0 bridgehead atoms. The number of halogens is 3. The Kier molecular flexibility index (Phi) is 4.56. The maximum Gasteiger partial charge on any atom is 0.416 e. The zero-order chi connectivity index (χ0) is 15.6. The first-order valence-corrected chi connectivity index (χ1v) is 6.91. The lowest BCUT2D eigenvalue weighted by Crippen LogP contribution is -2.35. The van der Waals surface area contributed by atoms with Gasteiger partial charge in [-0.15, -0.1) is 0 Å². The van der Waals surface area contributed by atoms with Crippen LogP contribution in [0.1, 0.15) is 36.9 Å². The van der Waals surface area contributed by atoms with E-state index in [1.807, 2.05) is 0 Å². The Morgan fingerprint density at radius 1 is 1.38 bits per heavy atom. The van der Waals surface area contributed by atoms with Gasteiger partial charge in [-0.2, -0.15) is 13.2 Å². The summed E-state index contributed by atoms with van der Waals surface area (Å²) < 4.78 is 39.2. The molecule has 0 radical (unpaired) electrons. The molecule has 1 aromatic carbocycles. The van der Waals surface area contributed by atoms with Gasteiger partial charge in [-0.3, -0.25) is 9.69 Å². The fourth-order valence-electron chi connectivity index (χ4n) is 2.48. The molecule has 0 saturated heterocycles. The number of hydrogen-bond donors (Lipinski definition) is 1. The zero-order valence-electron chi connectivity index (χ0n) is 11.7. The van der Waals surface area contributed by atoms with Crippen LogP contribution in [-0.2, 0) is 11.0 Å². The van der Waals surface area contributed by atoms with Crippen molar-refractivity contribution in [1.82, 2.24) is 4.90 Å². The number of carbonyl (C=O) groups is 1. The highest BCUT2D eigenvalue weighted by Crippen LogP contribution is 2.38. The van der Waals surface area contributed by atoms with E-state index in [2.05, 4.69) is 0 Å². The van der Waals surface area contributed by atoms with Gasteiger partial charge in [0.05, 0.1) is 12.1 Å². The second kappa shape index (κ2) is 6.05. The highest BCUT2D eigenvalue weighted by atomic mass is 19.4. The number of nitrogens with zero attached hydrogens (tertiary/aromatic N) is 1. The van der Waals surface area contributed by atoms with Crippen LogP contribution in [0.2, 0.25) is 0 Å². The molecule has 1 N–H and O–H groups in total. The first-order chi connectivity index (χ1) is 9.79. The van der Waals surface area contributed by atoms with Gasteiger partial charge in [0.1, 0.15) is 0 Å². The van der Waals surface area contributed by atoms with Crippen molar-refractivity contribution in [3.05, 3.63) is 35.4 Å². The van der Waals surface area contributed by atoms with E-state index in [1.54, 1.807) is 17.9 Å². The number of carboxylic acids is 1. The Morgan fingerprint density at radius 2 is 2.00 bits per heavy atom. The van der Waals surface area contributed by atoms with Gasteiger partial charge in [0, 0.05) is 12.6 Å². The van der Waals surface area contributed by atoms with Crippen molar-refractivity contribution in [2.45, 2.75) is 32.0 Å². The number of hydrogen-bond acceptors (Lipinski definition) is 2. The minimum absolute atomic E-state index is 0.131. The monoisotopic (exact) mass is 301 g/mol. The molecular weight excluding hydrogens is 283 g/mol. The lowest BCUT2D eigenvalue weighted by Gasteiger charge is -2.29. The summed E-state index contributed by atoms with van der Waals surface area (Å²) in [4.78, 5) is 12.6. The van der Waals surface area contributed by atoms with Crippen molar-refractivity contribution in [2.75, 3.05) is 13.1 Å². The summed E-state index contributed by atoms with van der Waals surface area (Å²) in [6, 6.07) is 4.79. The average Bonchev–Trinajstić information content (AvgIpc) is 3.19. The lowest BCUT2D eigenvalue weighted by atomic mass is 9.99. The highest BCUT2D eigenvalue weighted by molar-refractivity contribution is 5.69. The molecule has 116 valence electrons. The Balaban J connectivity index is 2.26. The Labute approximate surface area is 121 Å². The summed E-state index contributed by atoms with van der Waals surface area (Å²) in [6.07, 6.45) is -2.40. The Morgan fingerprint density at radius 3 is 2.52 bits per heavy atom. The molecule has 0 heterocycles. The summed E-state index contributed by atoms with van der Waals surface area (Å²) in [5, 5.41) is 8.98. The van der Waals surface area contributed by atoms with Gasteiger partial charge < -0.3 is 5.11 Å². The van der Waals surface area contributed by atoms with Crippen LogP contribution < -0.4 is 0 Å². The smallest absolute Gasteiger partial charge is 0.416 e. The van der Waals surface area contributed by atoms with Gasteiger partial charge in [0.25, 0.3) is 0 Å². The molecule has 1 saturated carbocycles. The molecule has 0 aromatic heterocycles. The van der Waals surface area contributed by atoms with E-state index in [9.17, 15) is 18.0 Å². The van der Waals surface area contributed by atoms with Gasteiger partial charge in [0.15, 0.2) is 0 Å². The van der Waals surface area contributed by atoms with E-state index in [0.29, 0.717) is 12.5 Å². The molecule has 1 aliphatic carbocycles. The summed E-state index contributed by atoms with van der Waals surface area (Å²) >= 11 is 0. The second-order valence-corrected chi connectivity index (χ2v) is 5.53. The number of rotatable bonds is 6. The van der Waals surface area contributed by atoms with Crippen molar-refractivity contribution in [1.29, 1.82) is 0 Å². The largest absolute Gasteiger partial charge is 0.480 e. The zero-order valence-corrected chi connectivity index (χ0v) is 11.7. The van der Waals surface area contributed by atoms with Crippen molar-refractivity contribution in [3.8, 4) is 0 Å². The van der Waals surface area contributed by atoms with E-state index >= 15 is 0 Å². The Hall–Kier alpha value is -1.56. The summed E-state index contributed by atoms with van der Waals surface area (Å²) in [5.41, 5.74) is -0.560. The molecule has 6 heteroatoms. The molecule has 0 amide bonds. The number of benzene rings is 1. The third kappa shape index (κ3) is 4.20. The molecule has 3 nitrogen and oxygen atoms in total. The quantitative estimate of drug-likeness (QED) is 0.873. The fraction of sp³-hybridized carbons (Fsp3) is 0.533. The minimum atomic E-state index is -4.43. The summed E-state index contributed by atoms with van der Waals surface area (Å²) in [6.45, 7) is 1.92. The van der Waals surface area contributed by atoms with Gasteiger partial charge in [0.2, 0.25) is 0 Å². The third-order valence-corrected chi connectivity index (χ3v) is 3.79. The van der Waals surface area contributed by atoms with Gasteiger partial charge in [-0.25, -0.2) is 0 Å².